The van der Waals surface area contributed by atoms with Gasteiger partial charge in [-0.3, -0.25) is 4.79 Å². The Balaban J connectivity index is 2.49. The van der Waals surface area contributed by atoms with Crippen molar-refractivity contribution in [2.75, 3.05) is 6.61 Å². The first kappa shape index (κ1) is 11.3. The first-order chi connectivity index (χ1) is 6.59. The zero-order chi connectivity index (χ0) is 10.6. The van der Waals surface area contributed by atoms with Crippen LogP contribution in [-0.4, -0.2) is 23.1 Å². The maximum absolute atomic E-state index is 10.4. The fourth-order valence-electron chi connectivity index (χ4n) is 0.797. The molecule has 0 aromatic heterocycles. The Morgan fingerprint density at radius 2 is 2.36 bits per heavy atom. The highest BCUT2D eigenvalue weighted by Gasteiger charge is 2.13. The molecule has 1 rings (SSSR count). The van der Waals surface area contributed by atoms with E-state index in [2.05, 4.69) is 15.9 Å². The van der Waals surface area contributed by atoms with E-state index in [-0.39, 0.29) is 6.61 Å². The molecule has 0 amide bonds. The molecular formula is C9H8BrClO3. The van der Waals surface area contributed by atoms with E-state index < -0.39 is 11.3 Å². The second-order valence-corrected chi connectivity index (χ2v) is 4.02. The predicted octanol–water partition coefficient (Wildman–Crippen LogP) is 2.52. The highest BCUT2D eigenvalue weighted by atomic mass is 79.9. The van der Waals surface area contributed by atoms with Gasteiger partial charge in [-0.1, -0.05) is 22.0 Å². The molecule has 0 aliphatic carbocycles. The molecule has 1 aromatic rings. The Hall–Kier alpha value is -0.740. The van der Waals surface area contributed by atoms with Crippen LogP contribution in [0.25, 0.3) is 0 Å². The lowest BCUT2D eigenvalue weighted by molar-refractivity contribution is -0.137. The van der Waals surface area contributed by atoms with Crippen molar-refractivity contribution in [2.24, 2.45) is 0 Å². The van der Waals surface area contributed by atoms with Gasteiger partial charge in [-0.25, -0.2) is 0 Å². The Labute approximate surface area is 94.8 Å². The molecule has 76 valence electrons. The molecule has 1 unspecified atom stereocenters. The van der Waals surface area contributed by atoms with Gasteiger partial charge in [0.2, 0.25) is 0 Å². The monoisotopic (exact) mass is 278 g/mol. The number of halogens is 2. The SMILES string of the molecule is O=C(O)C(Cl)COc1cccc(Br)c1. The van der Waals surface area contributed by atoms with Crippen LogP contribution >= 0.6 is 27.5 Å². The molecule has 0 heterocycles. The van der Waals surface area contributed by atoms with E-state index in [0.29, 0.717) is 5.75 Å². The van der Waals surface area contributed by atoms with Crippen LogP contribution < -0.4 is 4.74 Å². The van der Waals surface area contributed by atoms with Crippen molar-refractivity contribution in [1.29, 1.82) is 0 Å². The molecule has 0 saturated carbocycles. The highest BCUT2D eigenvalue weighted by molar-refractivity contribution is 9.10. The second-order valence-electron chi connectivity index (χ2n) is 2.57. The summed E-state index contributed by atoms with van der Waals surface area (Å²) in [5.41, 5.74) is 0. The first-order valence-corrected chi connectivity index (χ1v) is 5.08. The summed E-state index contributed by atoms with van der Waals surface area (Å²) >= 11 is 8.74. The summed E-state index contributed by atoms with van der Waals surface area (Å²) < 4.78 is 6.04. The molecule has 1 aromatic carbocycles. The minimum atomic E-state index is -1.08. The van der Waals surface area contributed by atoms with Gasteiger partial charge in [-0.05, 0) is 18.2 Å². The van der Waals surface area contributed by atoms with E-state index in [1.54, 1.807) is 18.2 Å². The molecule has 0 aliphatic rings. The fourth-order valence-corrected chi connectivity index (χ4v) is 1.24. The molecule has 0 spiro atoms. The summed E-state index contributed by atoms with van der Waals surface area (Å²) in [6, 6.07) is 7.12. The number of carboxylic acids is 1. The summed E-state index contributed by atoms with van der Waals surface area (Å²) in [5.74, 6) is -0.493. The lowest BCUT2D eigenvalue weighted by Crippen LogP contribution is -2.21. The van der Waals surface area contributed by atoms with Gasteiger partial charge >= 0.3 is 5.97 Å². The Bertz CT molecular complexity index is 330. The average molecular weight is 280 g/mol. The van der Waals surface area contributed by atoms with Crippen molar-refractivity contribution in [2.45, 2.75) is 5.38 Å². The maximum Gasteiger partial charge on any atom is 0.325 e. The largest absolute Gasteiger partial charge is 0.491 e. The lowest BCUT2D eigenvalue weighted by atomic mass is 10.3. The number of hydrogen-bond donors (Lipinski definition) is 1. The van der Waals surface area contributed by atoms with Gasteiger partial charge in [-0.15, -0.1) is 11.6 Å². The zero-order valence-corrected chi connectivity index (χ0v) is 9.46. The summed E-state index contributed by atoms with van der Waals surface area (Å²) in [6.45, 7) is -0.0483. The number of ether oxygens (including phenoxy) is 1. The van der Waals surface area contributed by atoms with Gasteiger partial charge in [0.1, 0.15) is 12.4 Å². The van der Waals surface area contributed by atoms with Crippen LogP contribution in [0.2, 0.25) is 0 Å². The Morgan fingerprint density at radius 3 is 2.93 bits per heavy atom. The maximum atomic E-state index is 10.4. The van der Waals surface area contributed by atoms with Gasteiger partial charge in [0.15, 0.2) is 5.38 Å². The third-order valence-corrected chi connectivity index (χ3v) is 2.27. The quantitative estimate of drug-likeness (QED) is 0.862. The molecule has 1 N–H and O–H groups in total. The number of rotatable bonds is 4. The van der Waals surface area contributed by atoms with Crippen LogP contribution in [0.1, 0.15) is 0 Å². The summed E-state index contributed by atoms with van der Waals surface area (Å²) in [7, 11) is 0. The number of carbonyl (C=O) groups is 1. The van der Waals surface area contributed by atoms with Gasteiger partial charge < -0.3 is 9.84 Å². The predicted molar refractivity (Wildman–Crippen MR) is 56.9 cm³/mol. The fraction of sp³-hybridized carbons (Fsp3) is 0.222. The van der Waals surface area contributed by atoms with Gasteiger partial charge in [-0.2, -0.15) is 0 Å². The Morgan fingerprint density at radius 1 is 1.64 bits per heavy atom. The molecule has 0 radical (unpaired) electrons. The average Bonchev–Trinajstić information content (AvgIpc) is 2.14. The normalized spacial score (nSPS) is 12.1. The highest BCUT2D eigenvalue weighted by Crippen LogP contribution is 2.18. The van der Waals surface area contributed by atoms with E-state index in [0.717, 1.165) is 4.47 Å². The van der Waals surface area contributed by atoms with Crippen molar-refractivity contribution in [1.82, 2.24) is 0 Å². The molecular weight excluding hydrogens is 271 g/mol. The van der Waals surface area contributed by atoms with Crippen LogP contribution in [0.5, 0.6) is 5.75 Å². The summed E-state index contributed by atoms with van der Waals surface area (Å²) in [5, 5.41) is 7.47. The van der Waals surface area contributed by atoms with Crippen LogP contribution in [0, 0.1) is 0 Å². The zero-order valence-electron chi connectivity index (χ0n) is 7.11. The first-order valence-electron chi connectivity index (χ1n) is 3.85. The smallest absolute Gasteiger partial charge is 0.325 e. The van der Waals surface area contributed by atoms with E-state index in [4.69, 9.17) is 21.4 Å². The van der Waals surface area contributed by atoms with Crippen molar-refractivity contribution in [3.8, 4) is 5.75 Å². The molecule has 1 atom stereocenters. The number of carboxylic acid groups (broad SMARTS) is 1. The van der Waals surface area contributed by atoms with Gasteiger partial charge in [0.05, 0.1) is 0 Å². The van der Waals surface area contributed by atoms with Gasteiger partial charge in [0, 0.05) is 4.47 Å². The Kier molecular flexibility index (Phi) is 4.22. The standard InChI is InChI=1S/C9H8BrClO3/c10-6-2-1-3-7(4-6)14-5-8(11)9(12)13/h1-4,8H,5H2,(H,12,13). The van der Waals surface area contributed by atoms with Crippen LogP contribution in [-0.2, 0) is 4.79 Å². The number of benzene rings is 1. The number of hydrogen-bond acceptors (Lipinski definition) is 2. The molecule has 0 saturated heterocycles. The molecule has 0 aliphatic heterocycles. The third kappa shape index (κ3) is 3.55. The molecule has 5 heteroatoms. The van der Waals surface area contributed by atoms with Crippen molar-refractivity contribution < 1.29 is 14.6 Å². The number of aliphatic carboxylic acids is 1. The molecule has 14 heavy (non-hydrogen) atoms. The molecule has 0 fully saturated rings. The van der Waals surface area contributed by atoms with Crippen LogP contribution in [0.3, 0.4) is 0 Å². The lowest BCUT2D eigenvalue weighted by Gasteiger charge is -2.07. The summed E-state index contributed by atoms with van der Waals surface area (Å²) in [6.07, 6.45) is 0. The van der Waals surface area contributed by atoms with Crippen LogP contribution in [0.4, 0.5) is 0 Å². The minimum absolute atomic E-state index is 0.0483. The van der Waals surface area contributed by atoms with Gasteiger partial charge in [0.25, 0.3) is 0 Å². The van der Waals surface area contributed by atoms with E-state index in [1.807, 2.05) is 6.07 Å². The van der Waals surface area contributed by atoms with Crippen molar-refractivity contribution >= 4 is 33.5 Å². The van der Waals surface area contributed by atoms with Crippen molar-refractivity contribution in [3.63, 3.8) is 0 Å². The van der Waals surface area contributed by atoms with E-state index in [9.17, 15) is 4.79 Å². The minimum Gasteiger partial charge on any atom is -0.491 e. The topological polar surface area (TPSA) is 46.5 Å². The molecule has 0 bridgehead atoms. The van der Waals surface area contributed by atoms with E-state index >= 15 is 0 Å². The third-order valence-electron chi connectivity index (χ3n) is 1.46. The van der Waals surface area contributed by atoms with E-state index in [1.165, 1.54) is 0 Å². The van der Waals surface area contributed by atoms with Crippen molar-refractivity contribution in [3.05, 3.63) is 28.7 Å². The second kappa shape index (κ2) is 5.22. The van der Waals surface area contributed by atoms with Crippen LogP contribution in [0.15, 0.2) is 28.7 Å². The summed E-state index contributed by atoms with van der Waals surface area (Å²) in [4.78, 5) is 10.4. The number of alkyl halides is 1. The molecule has 3 nitrogen and oxygen atoms in total.